The molecule has 0 spiro atoms. The highest BCUT2D eigenvalue weighted by atomic mass is 16.5. The van der Waals surface area contributed by atoms with Crippen molar-refractivity contribution in [3.05, 3.63) is 47.5 Å². The first kappa shape index (κ1) is 16.6. The van der Waals surface area contributed by atoms with Gasteiger partial charge in [0.1, 0.15) is 17.1 Å². The van der Waals surface area contributed by atoms with Crippen molar-refractivity contribution < 1.29 is 14.3 Å². The quantitative estimate of drug-likeness (QED) is 0.855. The van der Waals surface area contributed by atoms with Gasteiger partial charge in [0.25, 0.3) is 5.91 Å². The van der Waals surface area contributed by atoms with Crippen molar-refractivity contribution in [3.63, 3.8) is 0 Å². The number of amides is 3. The average Bonchev–Trinajstić information content (AvgIpc) is 3.19. The van der Waals surface area contributed by atoms with Gasteiger partial charge in [-0.3, -0.25) is 4.79 Å². The first-order chi connectivity index (χ1) is 12.5. The summed E-state index contributed by atoms with van der Waals surface area (Å²) in [5.74, 6) is 1.14. The molecule has 2 aliphatic rings. The Morgan fingerprint density at radius 2 is 2.00 bits per heavy atom. The van der Waals surface area contributed by atoms with E-state index >= 15 is 0 Å². The van der Waals surface area contributed by atoms with Crippen LogP contribution in [0, 0.1) is 0 Å². The first-order valence-electron chi connectivity index (χ1n) is 8.94. The maximum atomic E-state index is 12.7. The average molecular weight is 351 g/mol. The second-order valence-electron chi connectivity index (χ2n) is 6.94. The predicted octanol–water partition coefficient (Wildman–Crippen LogP) is 3.59. The van der Waals surface area contributed by atoms with Gasteiger partial charge in [0.05, 0.1) is 0 Å². The van der Waals surface area contributed by atoms with Crippen LogP contribution in [0.3, 0.4) is 0 Å². The first-order valence-corrected chi connectivity index (χ1v) is 8.94. The summed E-state index contributed by atoms with van der Waals surface area (Å²) in [6.45, 7) is 3.59. The predicted molar refractivity (Wildman–Crippen MR) is 97.5 cm³/mol. The van der Waals surface area contributed by atoms with Crippen LogP contribution in [0.2, 0.25) is 0 Å². The van der Waals surface area contributed by atoms with E-state index in [9.17, 15) is 9.59 Å². The van der Waals surface area contributed by atoms with Crippen molar-refractivity contribution in [2.45, 2.75) is 45.1 Å². The molecule has 1 atom stereocenters. The monoisotopic (exact) mass is 351 g/mol. The molecule has 4 rings (SSSR count). The number of benzene rings is 1. The molecule has 3 amide bonds. The molecule has 134 valence electrons. The molecule has 6 heteroatoms. The number of nitrogens with one attached hydrogen (secondary N) is 1. The van der Waals surface area contributed by atoms with Crippen LogP contribution in [-0.2, 0) is 17.6 Å². The fourth-order valence-corrected chi connectivity index (χ4v) is 3.51. The fraction of sp³-hybridized carbons (Fsp3) is 0.350. The number of carbonyl (C=O) groups excluding carboxylic acids is 2. The van der Waals surface area contributed by atoms with Crippen LogP contribution in [-0.4, -0.2) is 22.5 Å². The molecule has 1 aromatic carbocycles. The van der Waals surface area contributed by atoms with E-state index in [0.717, 1.165) is 29.9 Å². The van der Waals surface area contributed by atoms with Crippen LogP contribution in [0.5, 0.6) is 11.6 Å². The molecule has 0 bridgehead atoms. The summed E-state index contributed by atoms with van der Waals surface area (Å²) < 4.78 is 5.99. The Labute approximate surface area is 152 Å². The van der Waals surface area contributed by atoms with Gasteiger partial charge >= 0.3 is 6.03 Å². The van der Waals surface area contributed by atoms with Crippen molar-refractivity contribution in [1.29, 1.82) is 0 Å². The van der Waals surface area contributed by atoms with Crippen LogP contribution >= 0.6 is 0 Å². The molecule has 1 aromatic heterocycles. The Morgan fingerprint density at radius 1 is 1.19 bits per heavy atom. The molecule has 2 aromatic rings. The largest absolute Gasteiger partial charge is 0.439 e. The van der Waals surface area contributed by atoms with E-state index in [1.54, 1.807) is 25.1 Å². The molecule has 1 N–H and O–H groups in total. The zero-order valence-electron chi connectivity index (χ0n) is 14.9. The smallest absolute Gasteiger partial charge is 0.330 e. The van der Waals surface area contributed by atoms with Crippen LogP contribution < -0.4 is 15.0 Å². The molecule has 1 aliphatic carbocycles. The fourth-order valence-electron chi connectivity index (χ4n) is 3.51. The molecule has 1 saturated heterocycles. The number of rotatable bonds is 4. The second kappa shape index (κ2) is 6.12. The molecule has 1 aliphatic heterocycles. The second-order valence-corrected chi connectivity index (χ2v) is 6.94. The highest BCUT2D eigenvalue weighted by molar-refractivity contribution is 6.22. The number of hydrogen-bond donors (Lipinski definition) is 1. The third-order valence-electron chi connectivity index (χ3n) is 5.22. The van der Waals surface area contributed by atoms with E-state index in [0.29, 0.717) is 12.3 Å². The zero-order valence-corrected chi connectivity index (χ0v) is 14.9. The highest BCUT2D eigenvalue weighted by Gasteiger charge is 2.47. The van der Waals surface area contributed by atoms with Gasteiger partial charge in [-0.05, 0) is 55.9 Å². The Bertz CT molecular complexity index is 896. The lowest BCUT2D eigenvalue weighted by molar-refractivity contribution is -0.121. The van der Waals surface area contributed by atoms with E-state index in [4.69, 9.17) is 4.74 Å². The van der Waals surface area contributed by atoms with Gasteiger partial charge in [0, 0.05) is 6.07 Å². The number of anilines is 1. The Balaban J connectivity index is 1.63. The minimum Gasteiger partial charge on any atom is -0.439 e. The number of ether oxygens (including phenoxy) is 1. The lowest BCUT2D eigenvalue weighted by atomic mass is 9.99. The topological polar surface area (TPSA) is 71.5 Å². The Morgan fingerprint density at radius 3 is 2.77 bits per heavy atom. The molecule has 0 radical (unpaired) electrons. The van der Waals surface area contributed by atoms with Gasteiger partial charge in [-0.25, -0.2) is 9.69 Å². The lowest BCUT2D eigenvalue weighted by Crippen LogP contribution is -2.43. The van der Waals surface area contributed by atoms with E-state index in [-0.39, 0.29) is 11.7 Å². The van der Waals surface area contributed by atoms with Crippen molar-refractivity contribution in [2.75, 3.05) is 4.90 Å². The molecule has 6 nitrogen and oxygen atoms in total. The van der Waals surface area contributed by atoms with Crippen molar-refractivity contribution in [3.8, 4) is 11.6 Å². The summed E-state index contributed by atoms with van der Waals surface area (Å²) in [5.41, 5.74) is 1.63. The van der Waals surface area contributed by atoms with Gasteiger partial charge in [0.15, 0.2) is 0 Å². The van der Waals surface area contributed by atoms with Crippen molar-refractivity contribution in [1.82, 2.24) is 10.3 Å². The number of urea groups is 1. The normalized spacial score (nSPS) is 21.7. The van der Waals surface area contributed by atoms with Crippen LogP contribution in [0.25, 0.3) is 0 Å². The third-order valence-corrected chi connectivity index (χ3v) is 5.22. The maximum Gasteiger partial charge on any atom is 0.330 e. The van der Waals surface area contributed by atoms with Gasteiger partial charge in [-0.2, -0.15) is 4.98 Å². The Hall–Kier alpha value is -2.89. The molecule has 1 fully saturated rings. The summed E-state index contributed by atoms with van der Waals surface area (Å²) >= 11 is 0. The van der Waals surface area contributed by atoms with Crippen molar-refractivity contribution in [2.24, 2.45) is 0 Å². The van der Waals surface area contributed by atoms with Crippen LogP contribution in [0.15, 0.2) is 36.4 Å². The minimum absolute atomic E-state index is 0.273. The molecular weight excluding hydrogens is 330 g/mol. The summed E-state index contributed by atoms with van der Waals surface area (Å²) in [7, 11) is 0. The number of pyridine rings is 1. The summed E-state index contributed by atoms with van der Waals surface area (Å²) in [6, 6.07) is 10.7. The number of aromatic nitrogens is 1. The van der Waals surface area contributed by atoms with Gasteiger partial charge in [-0.1, -0.05) is 25.1 Å². The third kappa shape index (κ3) is 2.62. The molecule has 0 saturated carbocycles. The summed E-state index contributed by atoms with van der Waals surface area (Å²) in [6.07, 6.45) is 3.70. The maximum absolute atomic E-state index is 12.7. The van der Waals surface area contributed by atoms with Crippen LogP contribution in [0.4, 0.5) is 10.6 Å². The lowest BCUT2D eigenvalue weighted by Gasteiger charge is -2.19. The van der Waals surface area contributed by atoms with E-state index in [1.165, 1.54) is 11.1 Å². The summed E-state index contributed by atoms with van der Waals surface area (Å²) in [4.78, 5) is 30.4. The van der Waals surface area contributed by atoms with Crippen LogP contribution in [0.1, 0.15) is 37.8 Å². The Kier molecular flexibility index (Phi) is 3.90. The van der Waals surface area contributed by atoms with E-state index < -0.39 is 11.6 Å². The zero-order chi connectivity index (χ0) is 18.3. The number of aryl methyl sites for hydroxylation is 1. The van der Waals surface area contributed by atoms with Gasteiger partial charge < -0.3 is 10.1 Å². The number of carbonyl (C=O) groups is 2. The standard InChI is InChI=1S/C20H21N3O3/c1-3-20(2)18(24)23(19(25)22-20)16-11-6-12-17(21-16)26-15-10-5-8-13-7-4-9-14(13)15/h5-6,8,10-12H,3-4,7,9H2,1-2H3,(H,22,25)/t20-/m1/s1. The SMILES string of the molecule is CC[C@@]1(C)NC(=O)N(c2cccc(Oc3cccc4c3CCC4)n2)C1=O. The minimum atomic E-state index is -0.893. The van der Waals surface area contributed by atoms with Gasteiger partial charge in [0.2, 0.25) is 5.88 Å². The van der Waals surface area contributed by atoms with E-state index in [2.05, 4.69) is 16.4 Å². The molecular formula is C20H21N3O3. The number of fused-ring (bicyclic) bond motifs is 1. The highest BCUT2D eigenvalue weighted by Crippen LogP contribution is 2.34. The number of nitrogens with zero attached hydrogens (tertiary/aromatic N) is 2. The number of imide groups is 1. The molecule has 26 heavy (non-hydrogen) atoms. The van der Waals surface area contributed by atoms with Crippen molar-refractivity contribution >= 4 is 17.8 Å². The number of hydrogen-bond acceptors (Lipinski definition) is 4. The van der Waals surface area contributed by atoms with Gasteiger partial charge in [-0.15, -0.1) is 0 Å². The van der Waals surface area contributed by atoms with E-state index in [1.807, 2.05) is 19.1 Å². The summed E-state index contributed by atoms with van der Waals surface area (Å²) in [5, 5.41) is 2.74. The molecule has 2 heterocycles. The molecule has 0 unspecified atom stereocenters.